The number of aromatic nitrogens is 3. The monoisotopic (exact) mass is 511 g/mol. The highest BCUT2D eigenvalue weighted by molar-refractivity contribution is 7.20. The van der Waals surface area contributed by atoms with E-state index in [1.165, 1.54) is 5.56 Å². The number of benzene rings is 2. The van der Waals surface area contributed by atoms with Crippen LogP contribution in [0.15, 0.2) is 73.1 Å². The van der Waals surface area contributed by atoms with E-state index in [9.17, 15) is 0 Å². The van der Waals surface area contributed by atoms with Crippen molar-refractivity contribution in [2.75, 3.05) is 26.1 Å². The molecule has 188 valence electrons. The van der Waals surface area contributed by atoms with E-state index in [4.69, 9.17) is 25.2 Å². The summed E-state index contributed by atoms with van der Waals surface area (Å²) in [7, 11) is 3.33. The van der Waals surface area contributed by atoms with Gasteiger partial charge in [0.25, 0.3) is 0 Å². The maximum atomic E-state index is 6.50. The van der Waals surface area contributed by atoms with Crippen molar-refractivity contribution in [3.05, 3.63) is 83.5 Å². The topological polar surface area (TPSA) is 95.2 Å². The Labute approximate surface area is 220 Å². The molecule has 0 aliphatic rings. The number of thiophene rings is 1. The summed E-state index contributed by atoms with van der Waals surface area (Å²) in [4.78, 5) is 15.2. The fraction of sp³-hybridized carbons (Fsp3) is 0.207. The van der Waals surface area contributed by atoms with Crippen molar-refractivity contribution >= 4 is 27.4 Å². The zero-order valence-corrected chi connectivity index (χ0v) is 21.9. The second-order valence-corrected chi connectivity index (χ2v) is 9.94. The van der Waals surface area contributed by atoms with Gasteiger partial charge in [-0.3, -0.25) is 4.98 Å². The first-order chi connectivity index (χ1) is 18.1. The SMILES string of the molecule is COc1cccc(OC)c1-c1c(C)sc2c(NC[C@@H](N)Cc3ccccc3)nc(-c3ccncc3)nc12. The van der Waals surface area contributed by atoms with E-state index in [-0.39, 0.29) is 6.04 Å². The normalized spacial score (nSPS) is 11.9. The van der Waals surface area contributed by atoms with Gasteiger partial charge >= 0.3 is 0 Å². The molecule has 2 aromatic carbocycles. The number of aryl methyl sites for hydroxylation is 1. The van der Waals surface area contributed by atoms with Crippen LogP contribution >= 0.6 is 11.3 Å². The van der Waals surface area contributed by atoms with Crippen LogP contribution in [-0.4, -0.2) is 41.8 Å². The van der Waals surface area contributed by atoms with Crippen LogP contribution in [-0.2, 0) is 6.42 Å². The highest BCUT2D eigenvalue weighted by atomic mass is 32.1. The smallest absolute Gasteiger partial charge is 0.162 e. The Hall–Kier alpha value is -4.01. The van der Waals surface area contributed by atoms with Crippen molar-refractivity contribution in [3.63, 3.8) is 0 Å². The van der Waals surface area contributed by atoms with Gasteiger partial charge in [-0.15, -0.1) is 11.3 Å². The lowest BCUT2D eigenvalue weighted by Gasteiger charge is -2.15. The third-order valence-electron chi connectivity index (χ3n) is 6.20. The molecule has 8 heteroatoms. The number of nitrogens with two attached hydrogens (primary N) is 1. The Balaban J connectivity index is 1.61. The Morgan fingerprint density at radius 1 is 0.892 bits per heavy atom. The number of rotatable bonds is 9. The molecule has 1 atom stereocenters. The van der Waals surface area contributed by atoms with Crippen molar-refractivity contribution in [2.24, 2.45) is 5.73 Å². The van der Waals surface area contributed by atoms with Gasteiger partial charge in [0.2, 0.25) is 0 Å². The van der Waals surface area contributed by atoms with Crippen LogP contribution in [0.1, 0.15) is 10.4 Å². The molecule has 3 heterocycles. The first kappa shape index (κ1) is 24.7. The summed E-state index contributed by atoms with van der Waals surface area (Å²) in [5.41, 5.74) is 11.3. The van der Waals surface area contributed by atoms with Crippen molar-refractivity contribution in [2.45, 2.75) is 19.4 Å². The molecule has 0 aliphatic heterocycles. The summed E-state index contributed by atoms with van der Waals surface area (Å²) in [5, 5.41) is 3.52. The van der Waals surface area contributed by atoms with E-state index in [0.717, 1.165) is 55.5 Å². The second kappa shape index (κ2) is 10.9. The molecule has 0 aliphatic carbocycles. The van der Waals surface area contributed by atoms with E-state index in [0.29, 0.717) is 12.4 Å². The van der Waals surface area contributed by atoms with Crippen molar-refractivity contribution in [1.82, 2.24) is 15.0 Å². The zero-order chi connectivity index (χ0) is 25.8. The minimum atomic E-state index is -0.0772. The highest BCUT2D eigenvalue weighted by Gasteiger charge is 2.24. The third-order valence-corrected chi connectivity index (χ3v) is 7.30. The van der Waals surface area contributed by atoms with E-state index in [1.54, 1.807) is 38.0 Å². The first-order valence-electron chi connectivity index (χ1n) is 12.0. The third kappa shape index (κ3) is 5.12. The molecule has 0 unspecified atom stereocenters. The molecule has 0 saturated heterocycles. The van der Waals surface area contributed by atoms with E-state index < -0.39 is 0 Å². The number of pyridine rings is 1. The molecule has 0 spiro atoms. The van der Waals surface area contributed by atoms with Gasteiger partial charge in [0.05, 0.1) is 30.0 Å². The van der Waals surface area contributed by atoms with E-state index in [2.05, 4.69) is 29.4 Å². The summed E-state index contributed by atoms with van der Waals surface area (Å²) in [5.74, 6) is 2.83. The minimum Gasteiger partial charge on any atom is -0.496 e. The number of methoxy groups -OCH3 is 2. The molecule has 3 aromatic heterocycles. The highest BCUT2D eigenvalue weighted by Crippen LogP contribution is 2.47. The van der Waals surface area contributed by atoms with Crippen LogP contribution in [0.4, 0.5) is 5.82 Å². The summed E-state index contributed by atoms with van der Waals surface area (Å²) in [6, 6.07) is 19.8. The number of nitrogens with zero attached hydrogens (tertiary/aromatic N) is 3. The molecule has 5 aromatic rings. The molecular weight excluding hydrogens is 482 g/mol. The average molecular weight is 512 g/mol. The van der Waals surface area contributed by atoms with Gasteiger partial charge in [-0.1, -0.05) is 36.4 Å². The lowest BCUT2D eigenvalue weighted by atomic mass is 10.0. The Morgan fingerprint density at radius 3 is 2.27 bits per heavy atom. The van der Waals surface area contributed by atoms with Crippen molar-refractivity contribution < 1.29 is 9.47 Å². The second-order valence-electron chi connectivity index (χ2n) is 8.71. The summed E-state index contributed by atoms with van der Waals surface area (Å²) in [6.07, 6.45) is 4.26. The molecule has 0 bridgehead atoms. The Bertz CT molecular complexity index is 1480. The summed E-state index contributed by atoms with van der Waals surface area (Å²) in [6.45, 7) is 2.66. The van der Waals surface area contributed by atoms with Gasteiger partial charge < -0.3 is 20.5 Å². The van der Waals surface area contributed by atoms with Crippen molar-refractivity contribution in [1.29, 1.82) is 0 Å². The van der Waals surface area contributed by atoms with Gasteiger partial charge in [0.1, 0.15) is 17.3 Å². The first-order valence-corrected chi connectivity index (χ1v) is 12.9. The number of ether oxygens (including phenoxy) is 2. The van der Waals surface area contributed by atoms with Crippen LogP contribution < -0.4 is 20.5 Å². The molecule has 0 radical (unpaired) electrons. The zero-order valence-electron chi connectivity index (χ0n) is 21.1. The van der Waals surface area contributed by atoms with Crippen LogP contribution in [0, 0.1) is 6.92 Å². The predicted molar refractivity (Wildman–Crippen MR) is 151 cm³/mol. The number of nitrogens with one attached hydrogen (secondary N) is 1. The Kier molecular flexibility index (Phi) is 7.30. The summed E-state index contributed by atoms with van der Waals surface area (Å²) >= 11 is 1.65. The van der Waals surface area contributed by atoms with Gasteiger partial charge in [0.15, 0.2) is 5.82 Å². The Morgan fingerprint density at radius 2 is 1.59 bits per heavy atom. The number of hydrogen-bond acceptors (Lipinski definition) is 8. The predicted octanol–water partition coefficient (Wildman–Crippen LogP) is 5.73. The van der Waals surface area contributed by atoms with Gasteiger partial charge in [0, 0.05) is 41.0 Å². The molecule has 37 heavy (non-hydrogen) atoms. The van der Waals surface area contributed by atoms with Crippen LogP contribution in [0.5, 0.6) is 11.5 Å². The van der Waals surface area contributed by atoms with Crippen molar-refractivity contribution in [3.8, 4) is 34.0 Å². The standard InChI is InChI=1S/C29H29N5O2S/c1-18-24(25-22(35-2)10-7-11-23(25)36-3)26-27(37-18)29(34-28(33-26)20-12-14-31-15-13-20)32-17-21(30)16-19-8-5-4-6-9-19/h4-15,21H,16-17,30H2,1-3H3,(H,32,33,34)/t21-/m0/s1. The lowest BCUT2D eigenvalue weighted by molar-refractivity contribution is 0.397. The van der Waals surface area contributed by atoms with Gasteiger partial charge in [-0.05, 0) is 43.2 Å². The van der Waals surface area contributed by atoms with Crippen LogP contribution in [0.25, 0.3) is 32.7 Å². The fourth-order valence-corrected chi connectivity index (χ4v) is 5.51. The largest absolute Gasteiger partial charge is 0.496 e. The maximum Gasteiger partial charge on any atom is 0.162 e. The molecule has 0 saturated carbocycles. The number of fused-ring (bicyclic) bond motifs is 1. The average Bonchev–Trinajstić information content (AvgIpc) is 3.27. The minimum absolute atomic E-state index is 0.0772. The van der Waals surface area contributed by atoms with Gasteiger partial charge in [-0.25, -0.2) is 9.97 Å². The number of hydrogen-bond donors (Lipinski definition) is 2. The number of anilines is 1. The van der Waals surface area contributed by atoms with Gasteiger partial charge in [-0.2, -0.15) is 0 Å². The quantitative estimate of drug-likeness (QED) is 0.261. The fourth-order valence-electron chi connectivity index (χ4n) is 4.45. The van der Waals surface area contributed by atoms with E-state index >= 15 is 0 Å². The molecular formula is C29H29N5O2S. The summed E-state index contributed by atoms with van der Waals surface area (Å²) < 4.78 is 12.4. The molecule has 0 fully saturated rings. The molecule has 3 N–H and O–H groups in total. The van der Waals surface area contributed by atoms with Crippen LogP contribution in [0.2, 0.25) is 0 Å². The van der Waals surface area contributed by atoms with Crippen LogP contribution in [0.3, 0.4) is 0 Å². The lowest BCUT2D eigenvalue weighted by Crippen LogP contribution is -2.31. The molecule has 0 amide bonds. The van der Waals surface area contributed by atoms with E-state index in [1.807, 2.05) is 48.5 Å². The maximum absolute atomic E-state index is 6.50. The molecule has 7 nitrogen and oxygen atoms in total. The molecule has 5 rings (SSSR count).